The fourth-order valence-corrected chi connectivity index (χ4v) is 1.87. The monoisotopic (exact) mass is 292 g/mol. The van der Waals surface area contributed by atoms with Gasteiger partial charge in [0.25, 0.3) is 0 Å². The smallest absolute Gasteiger partial charge is 0.333 e. The molecule has 0 aliphatic carbocycles. The summed E-state index contributed by atoms with van der Waals surface area (Å²) in [5, 5.41) is 0. The number of cyclic esters (lactones) is 1. The summed E-state index contributed by atoms with van der Waals surface area (Å²) in [7, 11) is 0. The zero-order valence-corrected chi connectivity index (χ0v) is 9.95. The van der Waals surface area contributed by atoms with Crippen molar-refractivity contribution in [2.45, 2.75) is 26.4 Å². The first-order chi connectivity index (χ1) is 6.15. The zero-order chi connectivity index (χ0) is 9.84. The highest BCUT2D eigenvalue weighted by atomic mass is 127. The molecule has 2 atom stereocenters. The van der Waals surface area contributed by atoms with Crippen LogP contribution < -0.4 is 0 Å². The van der Waals surface area contributed by atoms with Crippen molar-refractivity contribution in [3.63, 3.8) is 0 Å². The maximum Gasteiger partial charge on any atom is 0.333 e. The van der Waals surface area contributed by atoms with Gasteiger partial charge in [0.2, 0.25) is 0 Å². The summed E-state index contributed by atoms with van der Waals surface area (Å²) >= 11 is 2.17. The number of halogens is 1. The first kappa shape index (κ1) is 10.8. The van der Waals surface area contributed by atoms with Crippen LogP contribution in [0.4, 0.5) is 0 Å². The average molecular weight is 292 g/mol. The molecule has 0 saturated heterocycles. The highest BCUT2D eigenvalue weighted by Crippen LogP contribution is 2.21. The lowest BCUT2D eigenvalue weighted by Crippen LogP contribution is -2.27. The summed E-state index contributed by atoms with van der Waals surface area (Å²) in [6.07, 6.45) is 4.85. The van der Waals surface area contributed by atoms with Gasteiger partial charge in [0.05, 0.1) is 0 Å². The summed E-state index contributed by atoms with van der Waals surface area (Å²) in [4.78, 5) is 11.2. The molecule has 0 amide bonds. The van der Waals surface area contributed by atoms with Crippen LogP contribution in [0.1, 0.15) is 20.3 Å². The van der Waals surface area contributed by atoms with Gasteiger partial charge in [0, 0.05) is 17.9 Å². The molecule has 1 aliphatic heterocycles. The van der Waals surface area contributed by atoms with Crippen molar-refractivity contribution in [2.75, 3.05) is 0 Å². The number of hydrogen-bond acceptors (Lipinski definition) is 2. The van der Waals surface area contributed by atoms with E-state index in [9.17, 15) is 4.79 Å². The molecule has 0 aromatic carbocycles. The molecule has 0 aromatic rings. The zero-order valence-electron chi connectivity index (χ0n) is 7.79. The number of carbonyl (C=O) groups excluding carboxylic acids is 1. The summed E-state index contributed by atoms with van der Waals surface area (Å²) in [5.41, 5.74) is 0.724. The summed E-state index contributed by atoms with van der Waals surface area (Å²) in [6, 6.07) is 0. The Labute approximate surface area is 92.2 Å². The summed E-state index contributed by atoms with van der Waals surface area (Å²) < 4.78 is 7.21. The van der Waals surface area contributed by atoms with E-state index in [1.54, 1.807) is 6.92 Å². The van der Waals surface area contributed by atoms with Gasteiger partial charge in [-0.05, 0) is 11.0 Å². The van der Waals surface area contributed by atoms with E-state index in [2.05, 4.69) is 29.5 Å². The molecule has 0 spiro atoms. The molecule has 3 heteroatoms. The average Bonchev–Trinajstić information content (AvgIpc) is 2.10. The SMILES string of the molecule is CC1=CC[C@@H]([C@@H](C)/C=C\I)OC1=O. The van der Waals surface area contributed by atoms with Gasteiger partial charge >= 0.3 is 5.97 Å². The predicted molar refractivity (Wildman–Crippen MR) is 60.6 cm³/mol. The van der Waals surface area contributed by atoms with Crippen molar-refractivity contribution in [2.24, 2.45) is 5.92 Å². The summed E-state index contributed by atoms with van der Waals surface area (Å²) in [5.74, 6) is 0.121. The Balaban J connectivity index is 2.62. The maximum atomic E-state index is 11.2. The normalized spacial score (nSPS) is 25.6. The van der Waals surface area contributed by atoms with Crippen LogP contribution in [-0.4, -0.2) is 12.1 Å². The quantitative estimate of drug-likeness (QED) is 0.578. The number of hydrogen-bond donors (Lipinski definition) is 0. The molecular formula is C10H13IO2. The Morgan fingerprint density at radius 1 is 1.77 bits per heavy atom. The van der Waals surface area contributed by atoms with Crippen LogP contribution in [-0.2, 0) is 9.53 Å². The molecule has 0 aromatic heterocycles. The molecule has 72 valence electrons. The first-order valence-corrected chi connectivity index (χ1v) is 5.54. The third-order valence-corrected chi connectivity index (χ3v) is 2.61. The fraction of sp³-hybridized carbons (Fsp3) is 0.500. The number of carbonyl (C=O) groups is 1. The minimum absolute atomic E-state index is 0.0159. The van der Waals surface area contributed by atoms with Crippen LogP contribution in [0.5, 0.6) is 0 Å². The van der Waals surface area contributed by atoms with Crippen molar-refractivity contribution in [1.82, 2.24) is 0 Å². The maximum absolute atomic E-state index is 11.2. The van der Waals surface area contributed by atoms with Crippen molar-refractivity contribution < 1.29 is 9.53 Å². The molecule has 0 radical (unpaired) electrons. The third-order valence-electron chi connectivity index (χ3n) is 2.20. The van der Waals surface area contributed by atoms with Crippen LogP contribution >= 0.6 is 22.6 Å². The van der Waals surface area contributed by atoms with Crippen molar-refractivity contribution in [3.8, 4) is 0 Å². The van der Waals surface area contributed by atoms with Gasteiger partial charge in [0.15, 0.2) is 0 Å². The lowest BCUT2D eigenvalue weighted by atomic mass is 9.99. The van der Waals surface area contributed by atoms with Gasteiger partial charge in [-0.1, -0.05) is 41.7 Å². The van der Waals surface area contributed by atoms with Crippen LogP contribution in [0.3, 0.4) is 0 Å². The molecule has 2 nitrogen and oxygen atoms in total. The van der Waals surface area contributed by atoms with Crippen LogP contribution in [0.25, 0.3) is 0 Å². The first-order valence-electron chi connectivity index (χ1n) is 4.29. The van der Waals surface area contributed by atoms with E-state index in [0.717, 1.165) is 12.0 Å². The summed E-state index contributed by atoms with van der Waals surface area (Å²) in [6.45, 7) is 3.85. The fourth-order valence-electron chi connectivity index (χ4n) is 1.22. The molecule has 0 fully saturated rings. The highest BCUT2D eigenvalue weighted by Gasteiger charge is 2.23. The van der Waals surface area contributed by atoms with Crippen molar-refractivity contribution >= 4 is 28.6 Å². The molecule has 1 aliphatic rings. The Morgan fingerprint density at radius 2 is 2.46 bits per heavy atom. The largest absolute Gasteiger partial charge is 0.458 e. The molecule has 1 rings (SSSR count). The number of esters is 1. The molecule has 1 heterocycles. The van der Waals surface area contributed by atoms with Crippen LogP contribution in [0.2, 0.25) is 0 Å². The standard InChI is InChI=1S/C10H13IO2/c1-7(5-6-11)9-4-3-8(2)10(12)13-9/h3,5-7,9H,4H2,1-2H3/b6-5-/t7-,9-/m0/s1. The second-order valence-corrected chi connectivity index (χ2v) is 3.96. The van der Waals surface area contributed by atoms with Gasteiger partial charge in [-0.2, -0.15) is 0 Å². The van der Waals surface area contributed by atoms with Gasteiger partial charge < -0.3 is 4.74 Å². The predicted octanol–water partition coefficient (Wildman–Crippen LogP) is 2.83. The van der Waals surface area contributed by atoms with E-state index in [-0.39, 0.29) is 12.1 Å². The lowest BCUT2D eigenvalue weighted by Gasteiger charge is -2.24. The minimum atomic E-state index is -0.176. The van der Waals surface area contributed by atoms with Gasteiger partial charge in [-0.15, -0.1) is 0 Å². The Bertz CT molecular complexity index is 256. The Hall–Kier alpha value is -0.320. The third kappa shape index (κ3) is 2.83. The topological polar surface area (TPSA) is 26.3 Å². The molecule has 0 unspecified atom stereocenters. The van der Waals surface area contributed by atoms with E-state index >= 15 is 0 Å². The minimum Gasteiger partial charge on any atom is -0.458 e. The van der Waals surface area contributed by atoms with Crippen molar-refractivity contribution in [1.29, 1.82) is 0 Å². The van der Waals surface area contributed by atoms with Gasteiger partial charge in [-0.3, -0.25) is 0 Å². The van der Waals surface area contributed by atoms with Crippen LogP contribution in [0.15, 0.2) is 21.8 Å². The lowest BCUT2D eigenvalue weighted by molar-refractivity contribution is -0.147. The second-order valence-electron chi connectivity index (χ2n) is 3.24. The molecule has 0 bridgehead atoms. The highest BCUT2D eigenvalue weighted by molar-refractivity contribution is 14.1. The Kier molecular flexibility index (Phi) is 3.96. The molecular weight excluding hydrogens is 279 g/mol. The number of ether oxygens (including phenoxy) is 1. The number of rotatable bonds is 2. The van der Waals surface area contributed by atoms with Crippen LogP contribution in [0, 0.1) is 5.92 Å². The van der Waals surface area contributed by atoms with E-state index < -0.39 is 0 Å². The van der Waals surface area contributed by atoms with E-state index in [1.165, 1.54) is 0 Å². The van der Waals surface area contributed by atoms with E-state index in [1.807, 2.05) is 16.2 Å². The van der Waals surface area contributed by atoms with E-state index in [4.69, 9.17) is 4.74 Å². The second kappa shape index (κ2) is 4.79. The molecule has 0 N–H and O–H groups in total. The van der Waals surface area contributed by atoms with Crippen molar-refractivity contribution in [3.05, 3.63) is 21.8 Å². The van der Waals surface area contributed by atoms with E-state index in [0.29, 0.717) is 5.92 Å². The van der Waals surface area contributed by atoms with Gasteiger partial charge in [-0.25, -0.2) is 4.79 Å². The van der Waals surface area contributed by atoms with Gasteiger partial charge in [0.1, 0.15) is 6.10 Å². The Morgan fingerprint density at radius 3 is 3.00 bits per heavy atom. The molecule has 0 saturated carbocycles. The molecule has 13 heavy (non-hydrogen) atoms.